The number of aromatic nitrogens is 2. The molecule has 1 atom stereocenters. The molecule has 0 spiro atoms. The molecule has 1 N–H and O–H groups in total. The van der Waals surface area contributed by atoms with Crippen molar-refractivity contribution in [3.8, 4) is 0 Å². The first-order valence-electron chi connectivity index (χ1n) is 8.14. The molecule has 0 bridgehead atoms. The van der Waals surface area contributed by atoms with Crippen LogP contribution in [0.4, 0.5) is 4.39 Å². The zero-order chi connectivity index (χ0) is 15.8. The summed E-state index contributed by atoms with van der Waals surface area (Å²) in [5.74, 6) is 0.728. The summed E-state index contributed by atoms with van der Waals surface area (Å²) in [6.45, 7) is 4.13. The molecule has 118 valence electrons. The molecule has 23 heavy (non-hydrogen) atoms. The molecule has 3 nitrogen and oxygen atoms in total. The van der Waals surface area contributed by atoms with E-state index in [-0.39, 0.29) is 11.9 Å². The monoisotopic (exact) mass is 309 g/mol. The number of imidazole rings is 1. The third kappa shape index (κ3) is 2.86. The molecular weight excluding hydrogens is 289 g/mol. The molecule has 4 heteroatoms. The zero-order valence-electron chi connectivity index (χ0n) is 13.2. The topological polar surface area (TPSA) is 31.9 Å². The van der Waals surface area contributed by atoms with Gasteiger partial charge in [-0.2, -0.15) is 0 Å². The number of rotatable bonds is 3. The zero-order valence-corrected chi connectivity index (χ0v) is 13.2. The van der Waals surface area contributed by atoms with Crippen molar-refractivity contribution in [2.75, 3.05) is 6.54 Å². The lowest BCUT2D eigenvalue weighted by Crippen LogP contribution is -2.23. The number of nitrogens with zero attached hydrogens (tertiary/aromatic N) is 2. The maximum absolute atomic E-state index is 13.4. The predicted molar refractivity (Wildman–Crippen MR) is 89.6 cm³/mol. The van der Waals surface area contributed by atoms with Crippen molar-refractivity contribution in [1.29, 1.82) is 0 Å². The lowest BCUT2D eigenvalue weighted by atomic mass is 10.1. The number of aromatic amines is 1. The quantitative estimate of drug-likeness (QED) is 0.780. The minimum atomic E-state index is -0.226. The van der Waals surface area contributed by atoms with E-state index in [0.29, 0.717) is 0 Å². The van der Waals surface area contributed by atoms with Gasteiger partial charge in [0.15, 0.2) is 0 Å². The van der Waals surface area contributed by atoms with Crippen LogP contribution < -0.4 is 0 Å². The van der Waals surface area contributed by atoms with Gasteiger partial charge in [-0.3, -0.25) is 4.90 Å². The van der Waals surface area contributed by atoms with E-state index in [4.69, 9.17) is 0 Å². The van der Waals surface area contributed by atoms with Crippen LogP contribution in [-0.2, 0) is 6.54 Å². The van der Waals surface area contributed by atoms with Gasteiger partial charge in [-0.25, -0.2) is 9.37 Å². The van der Waals surface area contributed by atoms with E-state index in [9.17, 15) is 4.39 Å². The van der Waals surface area contributed by atoms with Crippen LogP contribution in [-0.4, -0.2) is 21.4 Å². The first-order chi connectivity index (χ1) is 11.2. The molecule has 3 aromatic rings. The summed E-state index contributed by atoms with van der Waals surface area (Å²) in [5.41, 5.74) is 4.24. The first-order valence-corrected chi connectivity index (χ1v) is 8.14. The third-order valence-electron chi connectivity index (χ3n) is 4.61. The molecule has 0 saturated carbocycles. The number of nitrogens with one attached hydrogen (secondary N) is 1. The third-order valence-corrected chi connectivity index (χ3v) is 4.61. The van der Waals surface area contributed by atoms with E-state index < -0.39 is 0 Å². The Morgan fingerprint density at radius 1 is 1.26 bits per heavy atom. The maximum Gasteiger partial charge on any atom is 0.125 e. The molecule has 1 aromatic heterocycles. The fourth-order valence-corrected chi connectivity index (χ4v) is 3.53. The molecule has 1 aliphatic heterocycles. The minimum absolute atomic E-state index is 0.226. The average molecular weight is 309 g/mol. The summed E-state index contributed by atoms with van der Waals surface area (Å²) >= 11 is 0. The molecule has 1 aliphatic rings. The SMILES string of the molecule is Cc1cccc(CN2CCCC2c2nc3ccc(F)cc3[nH]2)c1. The normalized spacial score (nSPS) is 18.8. The summed E-state index contributed by atoms with van der Waals surface area (Å²) in [6.07, 6.45) is 2.26. The van der Waals surface area contributed by atoms with Gasteiger partial charge in [0.05, 0.1) is 17.1 Å². The second kappa shape index (κ2) is 5.78. The Kier molecular flexibility index (Phi) is 3.62. The van der Waals surface area contributed by atoms with E-state index >= 15 is 0 Å². The number of hydrogen-bond acceptors (Lipinski definition) is 2. The molecular formula is C19H20FN3. The molecule has 0 amide bonds. The highest BCUT2D eigenvalue weighted by molar-refractivity contribution is 5.75. The van der Waals surface area contributed by atoms with Gasteiger partial charge in [-0.05, 0) is 50.1 Å². The second-order valence-electron chi connectivity index (χ2n) is 6.40. The van der Waals surface area contributed by atoms with Gasteiger partial charge in [0, 0.05) is 6.54 Å². The standard InChI is InChI=1S/C19H20FN3/c1-13-4-2-5-14(10-13)12-23-9-3-6-18(23)19-21-16-8-7-15(20)11-17(16)22-19/h2,4-5,7-8,10-11,18H,3,6,9,12H2,1H3,(H,21,22). The van der Waals surface area contributed by atoms with Crippen molar-refractivity contribution in [2.45, 2.75) is 32.4 Å². The fraction of sp³-hybridized carbons (Fsp3) is 0.316. The van der Waals surface area contributed by atoms with Crippen LogP contribution in [0, 0.1) is 12.7 Å². The van der Waals surface area contributed by atoms with E-state index in [1.54, 1.807) is 6.07 Å². The van der Waals surface area contributed by atoms with Crippen molar-refractivity contribution in [3.05, 3.63) is 65.2 Å². The molecule has 0 aliphatic carbocycles. The van der Waals surface area contributed by atoms with Gasteiger partial charge in [0.2, 0.25) is 0 Å². The lowest BCUT2D eigenvalue weighted by Gasteiger charge is -2.23. The van der Waals surface area contributed by atoms with Gasteiger partial charge in [-0.15, -0.1) is 0 Å². The summed E-state index contributed by atoms with van der Waals surface area (Å²) < 4.78 is 13.4. The smallest absolute Gasteiger partial charge is 0.125 e. The molecule has 1 saturated heterocycles. The maximum atomic E-state index is 13.4. The Labute approximate surface area is 135 Å². The minimum Gasteiger partial charge on any atom is -0.341 e. The number of halogens is 1. The van der Waals surface area contributed by atoms with Crippen LogP contribution in [0.1, 0.15) is 35.8 Å². The molecule has 4 rings (SSSR count). The highest BCUT2D eigenvalue weighted by Crippen LogP contribution is 2.32. The summed E-state index contributed by atoms with van der Waals surface area (Å²) in [4.78, 5) is 10.5. The van der Waals surface area contributed by atoms with Crippen molar-refractivity contribution in [2.24, 2.45) is 0 Å². The summed E-state index contributed by atoms with van der Waals surface area (Å²) in [5, 5.41) is 0. The molecule has 0 radical (unpaired) electrons. The Hall–Kier alpha value is -2.20. The predicted octanol–water partition coefficient (Wildman–Crippen LogP) is 4.35. The second-order valence-corrected chi connectivity index (χ2v) is 6.40. The van der Waals surface area contributed by atoms with Crippen molar-refractivity contribution in [1.82, 2.24) is 14.9 Å². The summed E-state index contributed by atoms with van der Waals surface area (Å²) in [7, 11) is 0. The Morgan fingerprint density at radius 2 is 2.17 bits per heavy atom. The Morgan fingerprint density at radius 3 is 3.04 bits per heavy atom. The molecule has 2 heterocycles. The number of H-pyrrole nitrogens is 1. The summed E-state index contributed by atoms with van der Waals surface area (Å²) in [6, 6.07) is 13.7. The van der Waals surface area contributed by atoms with Crippen molar-refractivity contribution >= 4 is 11.0 Å². The van der Waals surface area contributed by atoms with Gasteiger partial charge in [0.25, 0.3) is 0 Å². The van der Waals surface area contributed by atoms with E-state index in [1.165, 1.54) is 29.7 Å². The molecule has 1 unspecified atom stereocenters. The van der Waals surface area contributed by atoms with Gasteiger partial charge in [-0.1, -0.05) is 29.8 Å². The van der Waals surface area contributed by atoms with Gasteiger partial charge in [0.1, 0.15) is 11.6 Å². The number of likely N-dealkylation sites (tertiary alicyclic amines) is 1. The van der Waals surface area contributed by atoms with E-state index in [0.717, 1.165) is 36.4 Å². The lowest BCUT2D eigenvalue weighted by molar-refractivity contribution is 0.241. The highest BCUT2D eigenvalue weighted by Gasteiger charge is 2.28. The van der Waals surface area contributed by atoms with Gasteiger partial charge < -0.3 is 4.98 Å². The first kappa shape index (κ1) is 14.4. The fourth-order valence-electron chi connectivity index (χ4n) is 3.53. The van der Waals surface area contributed by atoms with Gasteiger partial charge >= 0.3 is 0 Å². The van der Waals surface area contributed by atoms with Crippen LogP contribution in [0.15, 0.2) is 42.5 Å². The number of hydrogen-bond donors (Lipinski definition) is 1. The van der Waals surface area contributed by atoms with Crippen LogP contribution in [0.5, 0.6) is 0 Å². The average Bonchev–Trinajstić information content (AvgIpc) is 3.13. The Balaban J connectivity index is 1.61. The number of fused-ring (bicyclic) bond motifs is 1. The van der Waals surface area contributed by atoms with E-state index in [2.05, 4.69) is 46.1 Å². The molecule has 2 aromatic carbocycles. The number of benzene rings is 2. The van der Waals surface area contributed by atoms with Crippen molar-refractivity contribution in [3.63, 3.8) is 0 Å². The van der Waals surface area contributed by atoms with Crippen LogP contribution in [0.3, 0.4) is 0 Å². The van der Waals surface area contributed by atoms with Crippen LogP contribution >= 0.6 is 0 Å². The highest BCUT2D eigenvalue weighted by atomic mass is 19.1. The van der Waals surface area contributed by atoms with Crippen molar-refractivity contribution < 1.29 is 4.39 Å². The Bertz CT molecular complexity index is 840. The van der Waals surface area contributed by atoms with Crippen LogP contribution in [0.25, 0.3) is 11.0 Å². The largest absolute Gasteiger partial charge is 0.341 e. The van der Waals surface area contributed by atoms with E-state index in [1.807, 2.05) is 0 Å². The van der Waals surface area contributed by atoms with Crippen LogP contribution in [0.2, 0.25) is 0 Å². The molecule has 1 fully saturated rings. The number of aryl methyl sites for hydroxylation is 1.